The number of hydrogen-bond acceptors (Lipinski definition) is 5. The molecule has 1 rings (SSSR count). The molecule has 0 spiro atoms. The van der Waals surface area contributed by atoms with Crippen molar-refractivity contribution in [3.05, 3.63) is 20.8 Å². The molecule has 0 aliphatic rings. The maximum absolute atomic E-state index is 12.9. The van der Waals surface area contributed by atoms with Crippen molar-refractivity contribution in [1.29, 1.82) is 0 Å². The van der Waals surface area contributed by atoms with E-state index < -0.39 is 11.2 Å². The van der Waals surface area contributed by atoms with Gasteiger partial charge in [-0.3, -0.25) is 23.9 Å². The van der Waals surface area contributed by atoms with Crippen LogP contribution in [0.3, 0.4) is 0 Å². The second-order valence-corrected chi connectivity index (χ2v) is 8.10. The quantitative estimate of drug-likeness (QED) is 0.476. The molecule has 1 heterocycles. The maximum atomic E-state index is 12.9. The molecule has 0 saturated heterocycles. The Balaban J connectivity index is 3.15. The Labute approximate surface area is 171 Å². The number of H-pyrrole nitrogens is 1. The van der Waals surface area contributed by atoms with Crippen LogP contribution in [0.25, 0.3) is 0 Å². The van der Waals surface area contributed by atoms with Crippen LogP contribution in [0.4, 0.5) is 11.5 Å². The summed E-state index contributed by atoms with van der Waals surface area (Å²) in [7, 11) is 0. The fourth-order valence-corrected chi connectivity index (χ4v) is 2.92. The standard InChI is InChI=1S/C20H35N5O4/c1-6-7-10-22-15(26)8-9-16(27)24(11-13(2)3)17-18(21)25(12-14(4)5)20(29)23-19(17)28/h13-14H,6-12,21H2,1-5H3,(H,22,26)(H,23,28,29). The smallest absolute Gasteiger partial charge is 0.330 e. The number of rotatable bonds is 11. The molecule has 164 valence electrons. The van der Waals surface area contributed by atoms with E-state index in [1.807, 2.05) is 34.6 Å². The number of nitrogens with zero attached hydrogens (tertiary/aromatic N) is 2. The van der Waals surface area contributed by atoms with Gasteiger partial charge < -0.3 is 16.0 Å². The number of carbonyl (C=O) groups is 2. The first-order valence-electron chi connectivity index (χ1n) is 10.3. The summed E-state index contributed by atoms with van der Waals surface area (Å²) in [6.45, 7) is 10.8. The number of anilines is 2. The van der Waals surface area contributed by atoms with Crippen LogP contribution in [-0.2, 0) is 16.1 Å². The van der Waals surface area contributed by atoms with Crippen molar-refractivity contribution in [2.24, 2.45) is 11.8 Å². The van der Waals surface area contributed by atoms with Crippen LogP contribution in [0.2, 0.25) is 0 Å². The van der Waals surface area contributed by atoms with Crippen molar-refractivity contribution in [3.8, 4) is 0 Å². The molecular weight excluding hydrogens is 374 g/mol. The molecule has 0 radical (unpaired) electrons. The third-order valence-electron chi connectivity index (χ3n) is 4.30. The molecule has 0 aliphatic carbocycles. The van der Waals surface area contributed by atoms with Crippen molar-refractivity contribution < 1.29 is 9.59 Å². The minimum absolute atomic E-state index is 0.0284. The third-order valence-corrected chi connectivity index (χ3v) is 4.30. The lowest BCUT2D eigenvalue weighted by Crippen LogP contribution is -2.43. The lowest BCUT2D eigenvalue weighted by molar-refractivity contribution is -0.125. The minimum Gasteiger partial charge on any atom is -0.383 e. The summed E-state index contributed by atoms with van der Waals surface area (Å²) in [6.07, 6.45) is 1.82. The van der Waals surface area contributed by atoms with Crippen LogP contribution in [-0.4, -0.2) is 34.5 Å². The number of aromatic amines is 1. The Kier molecular flexibility index (Phi) is 9.64. The first-order chi connectivity index (χ1) is 13.6. The summed E-state index contributed by atoms with van der Waals surface area (Å²) in [4.78, 5) is 53.1. The molecule has 0 atom stereocenters. The molecule has 0 aromatic carbocycles. The molecule has 29 heavy (non-hydrogen) atoms. The number of nitrogens with two attached hydrogens (primary N) is 1. The van der Waals surface area contributed by atoms with Crippen molar-refractivity contribution in [2.45, 2.75) is 66.8 Å². The summed E-state index contributed by atoms with van der Waals surface area (Å²) < 4.78 is 1.28. The predicted octanol–water partition coefficient (Wildman–Crippen LogP) is 1.46. The molecule has 4 N–H and O–H groups in total. The molecule has 1 aromatic heterocycles. The predicted molar refractivity (Wildman–Crippen MR) is 115 cm³/mol. The number of hydrogen-bond donors (Lipinski definition) is 3. The van der Waals surface area contributed by atoms with Gasteiger partial charge in [0.25, 0.3) is 5.56 Å². The van der Waals surface area contributed by atoms with Crippen LogP contribution in [0, 0.1) is 11.8 Å². The Hall–Kier alpha value is -2.58. The van der Waals surface area contributed by atoms with Gasteiger partial charge in [0.2, 0.25) is 11.8 Å². The zero-order valence-electron chi connectivity index (χ0n) is 18.2. The van der Waals surface area contributed by atoms with E-state index in [0.717, 1.165) is 12.8 Å². The summed E-state index contributed by atoms with van der Waals surface area (Å²) >= 11 is 0. The highest BCUT2D eigenvalue weighted by Gasteiger charge is 2.25. The molecule has 0 fully saturated rings. The van der Waals surface area contributed by atoms with Gasteiger partial charge >= 0.3 is 5.69 Å². The number of aromatic nitrogens is 2. The lowest BCUT2D eigenvalue weighted by Gasteiger charge is -2.26. The normalized spacial score (nSPS) is 11.1. The van der Waals surface area contributed by atoms with Gasteiger partial charge in [-0.25, -0.2) is 4.79 Å². The van der Waals surface area contributed by atoms with Crippen molar-refractivity contribution in [2.75, 3.05) is 23.7 Å². The van der Waals surface area contributed by atoms with Crippen LogP contribution < -0.4 is 27.2 Å². The maximum Gasteiger partial charge on any atom is 0.330 e. The fourth-order valence-electron chi connectivity index (χ4n) is 2.92. The van der Waals surface area contributed by atoms with Gasteiger partial charge in [0.05, 0.1) is 0 Å². The van der Waals surface area contributed by atoms with E-state index in [0.29, 0.717) is 13.1 Å². The van der Waals surface area contributed by atoms with Crippen LogP contribution >= 0.6 is 0 Å². The van der Waals surface area contributed by atoms with E-state index in [2.05, 4.69) is 10.3 Å². The highest BCUT2D eigenvalue weighted by Crippen LogP contribution is 2.20. The van der Waals surface area contributed by atoms with Crippen LogP contribution in [0.5, 0.6) is 0 Å². The molecule has 9 nitrogen and oxygen atoms in total. The molecule has 0 bridgehead atoms. The molecule has 1 aromatic rings. The summed E-state index contributed by atoms with van der Waals surface area (Å²) in [6, 6.07) is 0. The highest BCUT2D eigenvalue weighted by atomic mass is 16.2. The monoisotopic (exact) mass is 409 g/mol. The molecule has 0 saturated carbocycles. The van der Waals surface area contributed by atoms with E-state index in [1.165, 1.54) is 9.47 Å². The van der Waals surface area contributed by atoms with Gasteiger partial charge in [-0.2, -0.15) is 0 Å². The van der Waals surface area contributed by atoms with Gasteiger partial charge in [0, 0.05) is 32.5 Å². The van der Waals surface area contributed by atoms with E-state index >= 15 is 0 Å². The summed E-state index contributed by atoms with van der Waals surface area (Å²) in [5, 5.41) is 2.77. The molecular formula is C20H35N5O4. The highest BCUT2D eigenvalue weighted by molar-refractivity contribution is 5.97. The van der Waals surface area contributed by atoms with Gasteiger partial charge in [-0.1, -0.05) is 41.0 Å². The largest absolute Gasteiger partial charge is 0.383 e. The number of unbranched alkanes of at least 4 members (excludes halogenated alkanes) is 1. The van der Waals surface area contributed by atoms with E-state index in [-0.39, 0.29) is 54.5 Å². The van der Waals surface area contributed by atoms with Crippen LogP contribution in [0.15, 0.2) is 9.59 Å². The van der Waals surface area contributed by atoms with Gasteiger partial charge in [-0.05, 0) is 18.3 Å². The van der Waals surface area contributed by atoms with E-state index in [4.69, 9.17) is 5.73 Å². The minimum atomic E-state index is -0.700. The second kappa shape index (κ2) is 11.4. The van der Waals surface area contributed by atoms with Crippen molar-refractivity contribution >= 4 is 23.3 Å². The molecule has 9 heteroatoms. The number of nitrogens with one attached hydrogen (secondary N) is 2. The van der Waals surface area contributed by atoms with Gasteiger partial charge in [0.1, 0.15) is 5.82 Å². The molecule has 0 unspecified atom stereocenters. The first-order valence-corrected chi connectivity index (χ1v) is 10.3. The topological polar surface area (TPSA) is 130 Å². The lowest BCUT2D eigenvalue weighted by atomic mass is 10.1. The summed E-state index contributed by atoms with van der Waals surface area (Å²) in [5.41, 5.74) is 4.82. The zero-order chi connectivity index (χ0) is 22.1. The van der Waals surface area contributed by atoms with E-state index in [1.54, 1.807) is 0 Å². The van der Waals surface area contributed by atoms with Crippen LogP contribution in [0.1, 0.15) is 60.3 Å². The number of nitrogen functional groups attached to an aromatic ring is 1. The Morgan fingerprint density at radius 3 is 2.34 bits per heavy atom. The summed E-state index contributed by atoms with van der Waals surface area (Å²) in [5.74, 6) is -0.440. The average Bonchev–Trinajstić information content (AvgIpc) is 2.62. The first kappa shape index (κ1) is 24.5. The fraction of sp³-hybridized carbons (Fsp3) is 0.700. The second-order valence-electron chi connectivity index (χ2n) is 8.10. The van der Waals surface area contributed by atoms with Crippen molar-refractivity contribution in [3.63, 3.8) is 0 Å². The average molecular weight is 410 g/mol. The molecule has 0 aliphatic heterocycles. The molecule has 2 amide bonds. The van der Waals surface area contributed by atoms with Crippen molar-refractivity contribution in [1.82, 2.24) is 14.9 Å². The van der Waals surface area contributed by atoms with E-state index in [9.17, 15) is 19.2 Å². The SMILES string of the molecule is CCCCNC(=O)CCC(=O)N(CC(C)C)c1c(N)n(CC(C)C)c(=O)[nH]c1=O. The number of amides is 2. The Morgan fingerprint density at radius 2 is 1.79 bits per heavy atom. The van der Waals surface area contributed by atoms with Gasteiger partial charge in [-0.15, -0.1) is 0 Å². The zero-order valence-corrected chi connectivity index (χ0v) is 18.2. The number of carbonyl (C=O) groups excluding carboxylic acids is 2. The third kappa shape index (κ3) is 7.40. The van der Waals surface area contributed by atoms with Gasteiger partial charge in [0.15, 0.2) is 5.69 Å². The Morgan fingerprint density at radius 1 is 1.14 bits per heavy atom. The Bertz CT molecular complexity index is 810.